The van der Waals surface area contributed by atoms with Gasteiger partial charge in [0, 0.05) is 72.4 Å². The maximum Gasteiger partial charge on any atom is 0.270 e. The number of fused-ring (bicyclic) bond motifs is 1. The number of amides is 1. The molecule has 1 aromatic carbocycles. The van der Waals surface area contributed by atoms with Crippen LogP contribution >= 0.6 is 0 Å². The fraction of sp³-hybridized carbons (Fsp3) is 0.412. The molecular formula is C34H41F2N9O3. The van der Waals surface area contributed by atoms with Crippen molar-refractivity contribution in [1.29, 1.82) is 0 Å². The van der Waals surface area contributed by atoms with E-state index in [9.17, 15) is 23.2 Å². The topological polar surface area (TPSA) is 139 Å². The van der Waals surface area contributed by atoms with Crippen LogP contribution in [0.15, 0.2) is 47.3 Å². The lowest BCUT2D eigenvalue weighted by Crippen LogP contribution is -2.46. The minimum atomic E-state index is -0.632. The highest BCUT2D eigenvalue weighted by atomic mass is 19.1. The van der Waals surface area contributed by atoms with E-state index in [1.165, 1.54) is 13.1 Å². The number of benzene rings is 1. The normalized spacial score (nSPS) is 15.2. The van der Waals surface area contributed by atoms with E-state index in [-0.39, 0.29) is 22.7 Å². The lowest BCUT2D eigenvalue weighted by Gasteiger charge is -2.36. The molecule has 0 bridgehead atoms. The summed E-state index contributed by atoms with van der Waals surface area (Å²) in [6.45, 7) is 10.4. The molecule has 14 heteroatoms. The Morgan fingerprint density at radius 2 is 1.46 bits per heavy atom. The smallest absolute Gasteiger partial charge is 0.270 e. The van der Waals surface area contributed by atoms with Crippen LogP contribution in [0.1, 0.15) is 52.5 Å². The third-order valence-corrected chi connectivity index (χ3v) is 8.46. The van der Waals surface area contributed by atoms with Crippen LogP contribution in [0.25, 0.3) is 11.0 Å². The molecule has 2 fully saturated rings. The second-order valence-electron chi connectivity index (χ2n) is 11.6. The number of aromatic nitrogens is 4. The molecule has 1 amide bonds. The van der Waals surface area contributed by atoms with Crippen molar-refractivity contribution in [2.24, 2.45) is 0 Å². The number of ketones is 1. The molecular weight excluding hydrogens is 620 g/mol. The molecule has 2 saturated heterocycles. The Labute approximate surface area is 277 Å². The van der Waals surface area contributed by atoms with E-state index in [0.717, 1.165) is 62.4 Å². The zero-order valence-corrected chi connectivity index (χ0v) is 27.5. The Hall–Kier alpha value is -4.82. The molecule has 0 atom stereocenters. The van der Waals surface area contributed by atoms with Crippen LogP contribution in [0.4, 0.5) is 20.2 Å². The number of hydrogen-bond acceptors (Lipinski definition) is 10. The zero-order chi connectivity index (χ0) is 34.2. The van der Waals surface area contributed by atoms with Crippen LogP contribution in [0.2, 0.25) is 0 Å². The maximum absolute atomic E-state index is 14.4. The van der Waals surface area contributed by atoms with Crippen molar-refractivity contribution in [2.45, 2.75) is 33.2 Å². The van der Waals surface area contributed by atoms with Crippen LogP contribution < -0.4 is 26.0 Å². The Bertz CT molecular complexity index is 1820. The maximum atomic E-state index is 14.4. The van der Waals surface area contributed by atoms with Gasteiger partial charge < -0.3 is 25.4 Å². The first-order chi connectivity index (χ1) is 23.2. The predicted molar refractivity (Wildman–Crippen MR) is 181 cm³/mol. The van der Waals surface area contributed by atoms with Gasteiger partial charge in [0.2, 0.25) is 11.9 Å². The van der Waals surface area contributed by atoms with E-state index in [2.05, 4.69) is 35.5 Å². The van der Waals surface area contributed by atoms with E-state index >= 15 is 0 Å². The molecule has 254 valence electrons. The largest absolute Gasteiger partial charge is 0.365 e. The molecule has 0 radical (unpaired) electrons. The summed E-state index contributed by atoms with van der Waals surface area (Å²) < 4.78 is 28.2. The SMILES string of the molecule is CCC(=O)c1ccc(N2CCNCC2)c(F)n1.CCc1nc2ccc(CN3CCN(c4ccc(C(=O)NC)nc4F)CC3)cc2[nH]c1=O. The summed E-state index contributed by atoms with van der Waals surface area (Å²) in [5.74, 6) is -1.72. The fourth-order valence-corrected chi connectivity index (χ4v) is 5.74. The number of piperazine rings is 2. The molecule has 6 rings (SSSR count). The Kier molecular flexibility index (Phi) is 11.4. The summed E-state index contributed by atoms with van der Waals surface area (Å²) in [6, 6.07) is 12.3. The van der Waals surface area contributed by atoms with Crippen LogP contribution in [-0.4, -0.2) is 95.9 Å². The van der Waals surface area contributed by atoms with Gasteiger partial charge in [0.1, 0.15) is 17.1 Å². The number of nitrogens with zero attached hydrogens (tertiary/aromatic N) is 6. The average Bonchev–Trinajstić information content (AvgIpc) is 3.11. The molecule has 5 heterocycles. The number of aryl methyl sites for hydroxylation is 1. The molecule has 48 heavy (non-hydrogen) atoms. The van der Waals surface area contributed by atoms with E-state index in [1.807, 2.05) is 34.9 Å². The number of H-pyrrole nitrogens is 1. The number of halogens is 2. The molecule has 4 aromatic rings. The number of hydrogen-bond donors (Lipinski definition) is 3. The third-order valence-electron chi connectivity index (χ3n) is 8.46. The van der Waals surface area contributed by atoms with Crippen molar-refractivity contribution < 1.29 is 18.4 Å². The van der Waals surface area contributed by atoms with Crippen molar-refractivity contribution >= 4 is 34.1 Å². The number of nitrogens with one attached hydrogen (secondary N) is 3. The van der Waals surface area contributed by atoms with E-state index < -0.39 is 17.8 Å². The van der Waals surface area contributed by atoms with Gasteiger partial charge in [-0.25, -0.2) is 15.0 Å². The van der Waals surface area contributed by atoms with Gasteiger partial charge in [0.25, 0.3) is 11.5 Å². The van der Waals surface area contributed by atoms with Crippen molar-refractivity contribution in [3.63, 3.8) is 0 Å². The number of aromatic amines is 1. The lowest BCUT2D eigenvalue weighted by atomic mass is 10.1. The number of carbonyl (C=O) groups is 2. The lowest BCUT2D eigenvalue weighted by molar-refractivity contribution is 0.0955. The molecule has 12 nitrogen and oxygen atoms in total. The summed E-state index contributed by atoms with van der Waals surface area (Å²) in [4.78, 5) is 56.1. The number of Topliss-reactive ketones (excluding diaryl/α,β-unsaturated/α-hetero) is 1. The molecule has 0 spiro atoms. The third kappa shape index (κ3) is 8.17. The molecule has 3 N–H and O–H groups in total. The first-order valence-electron chi connectivity index (χ1n) is 16.2. The first-order valence-corrected chi connectivity index (χ1v) is 16.2. The van der Waals surface area contributed by atoms with E-state index in [4.69, 9.17) is 0 Å². The minimum absolute atomic E-state index is 0.0669. The van der Waals surface area contributed by atoms with Crippen LogP contribution in [0.5, 0.6) is 0 Å². The Morgan fingerprint density at radius 3 is 2.06 bits per heavy atom. The second kappa shape index (κ2) is 15.8. The number of anilines is 2. The number of carbonyl (C=O) groups excluding carboxylic acids is 2. The quantitative estimate of drug-likeness (QED) is 0.191. The number of rotatable bonds is 8. The Morgan fingerprint density at radius 1 is 0.833 bits per heavy atom. The van der Waals surface area contributed by atoms with E-state index in [1.54, 1.807) is 25.1 Å². The van der Waals surface area contributed by atoms with Gasteiger partial charge in [0.15, 0.2) is 5.78 Å². The van der Waals surface area contributed by atoms with Crippen molar-refractivity contribution in [3.8, 4) is 0 Å². The predicted octanol–water partition coefficient (Wildman–Crippen LogP) is 2.92. The monoisotopic (exact) mass is 661 g/mol. The summed E-state index contributed by atoms with van der Waals surface area (Å²) >= 11 is 0. The Balaban J connectivity index is 0.000000224. The summed E-state index contributed by atoms with van der Waals surface area (Å²) in [7, 11) is 1.49. The van der Waals surface area contributed by atoms with Gasteiger partial charge in [-0.1, -0.05) is 19.9 Å². The van der Waals surface area contributed by atoms with E-state index in [0.29, 0.717) is 43.0 Å². The minimum Gasteiger partial charge on any atom is -0.365 e. The van der Waals surface area contributed by atoms with Gasteiger partial charge in [0.05, 0.1) is 22.4 Å². The highest BCUT2D eigenvalue weighted by Crippen LogP contribution is 2.22. The molecule has 3 aromatic heterocycles. The first kappa shape index (κ1) is 34.5. The highest BCUT2D eigenvalue weighted by molar-refractivity contribution is 5.94. The highest BCUT2D eigenvalue weighted by Gasteiger charge is 2.22. The summed E-state index contributed by atoms with van der Waals surface area (Å²) in [5.41, 5.74) is 4.19. The molecule has 2 aliphatic rings. The number of pyridine rings is 2. The van der Waals surface area contributed by atoms with Crippen LogP contribution in [0.3, 0.4) is 0 Å². The fourth-order valence-electron chi connectivity index (χ4n) is 5.74. The van der Waals surface area contributed by atoms with Crippen molar-refractivity contribution in [2.75, 3.05) is 69.2 Å². The molecule has 0 aliphatic carbocycles. The molecule has 0 unspecified atom stereocenters. The molecule has 0 saturated carbocycles. The molecule has 2 aliphatic heterocycles. The van der Waals surface area contributed by atoms with Crippen molar-refractivity contribution in [3.05, 3.63) is 87.4 Å². The van der Waals surface area contributed by atoms with Gasteiger partial charge in [-0.15, -0.1) is 0 Å². The van der Waals surface area contributed by atoms with Gasteiger partial charge in [-0.05, 0) is 48.4 Å². The summed E-state index contributed by atoms with van der Waals surface area (Å²) in [5, 5.41) is 5.65. The zero-order valence-electron chi connectivity index (χ0n) is 27.5. The summed E-state index contributed by atoms with van der Waals surface area (Å²) in [6.07, 6.45) is 0.946. The average molecular weight is 662 g/mol. The van der Waals surface area contributed by atoms with Gasteiger partial charge in [-0.3, -0.25) is 19.3 Å². The van der Waals surface area contributed by atoms with Crippen LogP contribution in [-0.2, 0) is 13.0 Å². The van der Waals surface area contributed by atoms with Crippen molar-refractivity contribution in [1.82, 2.24) is 35.5 Å². The standard InChI is InChI=1S/C22H25FN6O2.C12H16FN3O/c1-3-15-22(31)27-18-12-14(4-5-16(18)25-15)13-28-8-10-29(11-9-28)19-7-6-17(21(30)24-2)26-20(19)23;1-2-11(17)9-3-4-10(12(13)15-9)16-7-5-14-6-8-16/h4-7,12H,3,8-11,13H2,1-2H3,(H,24,30)(H,27,31);3-4,14H,2,5-8H2,1H3. The van der Waals surface area contributed by atoms with Gasteiger partial charge >= 0.3 is 0 Å². The van der Waals surface area contributed by atoms with Crippen LogP contribution in [0, 0.1) is 11.9 Å². The van der Waals surface area contributed by atoms with Gasteiger partial charge in [-0.2, -0.15) is 8.78 Å². The second-order valence-corrected chi connectivity index (χ2v) is 11.6.